The molecule has 2 rings (SSSR count). The Morgan fingerprint density at radius 1 is 1.47 bits per heavy atom. The first-order chi connectivity index (χ1) is 8.09. The molecule has 0 aromatic carbocycles. The van der Waals surface area contributed by atoms with Gasteiger partial charge in [-0.15, -0.1) is 0 Å². The molecule has 94 valence electrons. The van der Waals surface area contributed by atoms with E-state index in [1.54, 1.807) is 0 Å². The maximum Gasteiger partial charge on any atom is 0.224 e. The average Bonchev–Trinajstić information content (AvgIpc) is 2.31. The van der Waals surface area contributed by atoms with E-state index >= 15 is 0 Å². The molecule has 0 aromatic rings. The van der Waals surface area contributed by atoms with Crippen LogP contribution in [0, 0.1) is 5.41 Å². The summed E-state index contributed by atoms with van der Waals surface area (Å²) in [5.74, 6) is 0.114. The SMILES string of the molecule is CCC1(C)CC2=C(C=C1CCO)NC(=O)CC2. The zero-order valence-electron chi connectivity index (χ0n) is 10.7. The van der Waals surface area contributed by atoms with Gasteiger partial charge in [0.05, 0.1) is 0 Å². The quantitative estimate of drug-likeness (QED) is 0.788. The summed E-state index contributed by atoms with van der Waals surface area (Å²) in [6.07, 6.45) is 6.39. The molecule has 1 unspecified atom stereocenters. The van der Waals surface area contributed by atoms with E-state index in [0.29, 0.717) is 12.8 Å². The minimum atomic E-state index is 0.114. The predicted octanol–water partition coefficient (Wildman–Crippen LogP) is 2.28. The molecule has 1 aliphatic carbocycles. The van der Waals surface area contributed by atoms with E-state index in [1.165, 1.54) is 11.1 Å². The standard InChI is InChI=1S/C14H21NO2/c1-3-14(2)9-10-4-5-13(17)15-12(10)8-11(14)6-7-16/h8,16H,3-7,9H2,1-2H3,(H,15,17). The summed E-state index contributed by atoms with van der Waals surface area (Å²) in [6, 6.07) is 0. The Morgan fingerprint density at radius 2 is 2.24 bits per heavy atom. The zero-order valence-corrected chi connectivity index (χ0v) is 10.7. The van der Waals surface area contributed by atoms with Gasteiger partial charge in [0.1, 0.15) is 0 Å². The monoisotopic (exact) mass is 235 g/mol. The number of hydrogen-bond acceptors (Lipinski definition) is 2. The fraction of sp³-hybridized carbons (Fsp3) is 0.643. The van der Waals surface area contributed by atoms with E-state index in [0.717, 1.165) is 25.0 Å². The molecule has 2 N–H and O–H groups in total. The van der Waals surface area contributed by atoms with Crippen LogP contribution in [0.15, 0.2) is 22.9 Å². The van der Waals surface area contributed by atoms with Crippen molar-refractivity contribution in [3.05, 3.63) is 22.9 Å². The number of allylic oxidation sites excluding steroid dienone is 2. The average molecular weight is 235 g/mol. The van der Waals surface area contributed by atoms with Crippen LogP contribution in [-0.4, -0.2) is 17.6 Å². The third kappa shape index (κ3) is 2.29. The van der Waals surface area contributed by atoms with Crippen molar-refractivity contribution in [2.45, 2.75) is 46.0 Å². The van der Waals surface area contributed by atoms with Gasteiger partial charge >= 0.3 is 0 Å². The van der Waals surface area contributed by atoms with Crippen molar-refractivity contribution < 1.29 is 9.90 Å². The summed E-state index contributed by atoms with van der Waals surface area (Å²) in [7, 11) is 0. The molecule has 0 spiro atoms. The van der Waals surface area contributed by atoms with E-state index in [-0.39, 0.29) is 17.9 Å². The third-order valence-corrected chi connectivity index (χ3v) is 4.17. The van der Waals surface area contributed by atoms with Crippen LogP contribution in [0.2, 0.25) is 0 Å². The molecular weight excluding hydrogens is 214 g/mol. The normalized spacial score (nSPS) is 28.6. The number of nitrogens with one attached hydrogen (secondary N) is 1. The number of aliphatic hydroxyl groups is 1. The molecule has 1 amide bonds. The minimum absolute atomic E-state index is 0.114. The molecule has 0 saturated carbocycles. The van der Waals surface area contributed by atoms with Gasteiger partial charge in [0.2, 0.25) is 5.91 Å². The molecule has 0 aromatic heterocycles. The molecular formula is C14H21NO2. The number of rotatable bonds is 3. The molecule has 2 aliphatic rings. The molecule has 17 heavy (non-hydrogen) atoms. The van der Waals surface area contributed by atoms with Crippen molar-refractivity contribution >= 4 is 5.91 Å². The Bertz CT molecular complexity index is 395. The fourth-order valence-corrected chi connectivity index (χ4v) is 2.80. The molecule has 0 bridgehead atoms. The van der Waals surface area contributed by atoms with Crippen LogP contribution in [0.3, 0.4) is 0 Å². The molecule has 1 heterocycles. The molecule has 0 radical (unpaired) electrons. The summed E-state index contributed by atoms with van der Waals surface area (Å²) >= 11 is 0. The van der Waals surface area contributed by atoms with Gasteiger partial charge in [0, 0.05) is 18.7 Å². The first kappa shape index (κ1) is 12.4. The Morgan fingerprint density at radius 3 is 2.88 bits per heavy atom. The number of amides is 1. The second-order valence-corrected chi connectivity index (χ2v) is 5.30. The number of carbonyl (C=O) groups excluding carboxylic acids is 1. The van der Waals surface area contributed by atoms with Crippen LogP contribution in [0.1, 0.15) is 46.0 Å². The van der Waals surface area contributed by atoms with Crippen LogP contribution in [0.5, 0.6) is 0 Å². The van der Waals surface area contributed by atoms with Gasteiger partial charge in [-0.25, -0.2) is 0 Å². The van der Waals surface area contributed by atoms with Crippen molar-refractivity contribution in [1.82, 2.24) is 5.32 Å². The highest BCUT2D eigenvalue weighted by molar-refractivity contribution is 5.80. The Balaban J connectivity index is 2.32. The van der Waals surface area contributed by atoms with Gasteiger partial charge in [0.25, 0.3) is 0 Å². The summed E-state index contributed by atoms with van der Waals surface area (Å²) in [5, 5.41) is 12.1. The third-order valence-electron chi connectivity index (χ3n) is 4.17. The second kappa shape index (κ2) is 4.65. The highest BCUT2D eigenvalue weighted by Crippen LogP contribution is 2.45. The summed E-state index contributed by atoms with van der Waals surface area (Å²) < 4.78 is 0. The maximum atomic E-state index is 11.4. The van der Waals surface area contributed by atoms with Gasteiger partial charge in [-0.05, 0) is 42.7 Å². The van der Waals surface area contributed by atoms with Crippen LogP contribution >= 0.6 is 0 Å². The molecule has 3 nitrogen and oxygen atoms in total. The van der Waals surface area contributed by atoms with E-state index in [9.17, 15) is 4.79 Å². The lowest BCUT2D eigenvalue weighted by Gasteiger charge is -2.38. The van der Waals surface area contributed by atoms with Gasteiger partial charge in [-0.1, -0.05) is 19.4 Å². The highest BCUT2D eigenvalue weighted by Gasteiger charge is 2.34. The van der Waals surface area contributed by atoms with Crippen molar-refractivity contribution in [2.24, 2.45) is 5.41 Å². The van der Waals surface area contributed by atoms with E-state index in [2.05, 4.69) is 25.2 Å². The lowest BCUT2D eigenvalue weighted by atomic mass is 9.69. The zero-order chi connectivity index (χ0) is 12.5. The molecule has 0 saturated heterocycles. The molecule has 0 fully saturated rings. The fourth-order valence-electron chi connectivity index (χ4n) is 2.80. The van der Waals surface area contributed by atoms with Crippen LogP contribution in [0.25, 0.3) is 0 Å². The van der Waals surface area contributed by atoms with Crippen molar-refractivity contribution in [2.75, 3.05) is 6.61 Å². The van der Waals surface area contributed by atoms with Crippen LogP contribution in [-0.2, 0) is 4.79 Å². The topological polar surface area (TPSA) is 49.3 Å². The van der Waals surface area contributed by atoms with E-state index in [4.69, 9.17) is 5.11 Å². The lowest BCUT2D eigenvalue weighted by Crippen LogP contribution is -2.33. The summed E-state index contributed by atoms with van der Waals surface area (Å²) in [6.45, 7) is 4.63. The molecule has 3 heteroatoms. The van der Waals surface area contributed by atoms with Gasteiger partial charge in [0.15, 0.2) is 0 Å². The smallest absolute Gasteiger partial charge is 0.224 e. The highest BCUT2D eigenvalue weighted by atomic mass is 16.3. The Hall–Kier alpha value is -1.09. The van der Waals surface area contributed by atoms with Crippen molar-refractivity contribution in [3.8, 4) is 0 Å². The largest absolute Gasteiger partial charge is 0.396 e. The minimum Gasteiger partial charge on any atom is -0.396 e. The van der Waals surface area contributed by atoms with Crippen molar-refractivity contribution in [1.29, 1.82) is 0 Å². The van der Waals surface area contributed by atoms with Gasteiger partial charge in [-0.3, -0.25) is 4.79 Å². The van der Waals surface area contributed by atoms with E-state index < -0.39 is 0 Å². The lowest BCUT2D eigenvalue weighted by molar-refractivity contribution is -0.120. The molecule has 1 atom stereocenters. The number of aliphatic hydroxyl groups excluding tert-OH is 1. The molecule has 1 aliphatic heterocycles. The van der Waals surface area contributed by atoms with Crippen LogP contribution in [0.4, 0.5) is 0 Å². The van der Waals surface area contributed by atoms with Crippen LogP contribution < -0.4 is 5.32 Å². The van der Waals surface area contributed by atoms with Gasteiger partial charge in [-0.2, -0.15) is 0 Å². The van der Waals surface area contributed by atoms with Crippen molar-refractivity contribution in [3.63, 3.8) is 0 Å². The number of hydrogen-bond donors (Lipinski definition) is 2. The van der Waals surface area contributed by atoms with Gasteiger partial charge < -0.3 is 10.4 Å². The van der Waals surface area contributed by atoms with E-state index in [1.807, 2.05) is 0 Å². The second-order valence-electron chi connectivity index (χ2n) is 5.30. The predicted molar refractivity (Wildman–Crippen MR) is 67.2 cm³/mol. The first-order valence-corrected chi connectivity index (χ1v) is 6.43. The maximum absolute atomic E-state index is 11.4. The Labute approximate surface area is 103 Å². The number of carbonyl (C=O) groups is 1. The summed E-state index contributed by atoms with van der Waals surface area (Å²) in [5.41, 5.74) is 3.79. The first-order valence-electron chi connectivity index (χ1n) is 6.43. The summed E-state index contributed by atoms with van der Waals surface area (Å²) in [4.78, 5) is 11.4. The Kier molecular flexibility index (Phi) is 3.38.